The van der Waals surface area contributed by atoms with Crippen molar-refractivity contribution in [3.05, 3.63) is 58.4 Å². The molecule has 2 aliphatic carbocycles. The van der Waals surface area contributed by atoms with Crippen LogP contribution in [-0.4, -0.2) is 11.0 Å². The minimum atomic E-state index is -3.19. The largest absolute Gasteiger partial charge is 0.379 e. The monoisotopic (exact) mass is 329 g/mol. The van der Waals surface area contributed by atoms with Crippen molar-refractivity contribution in [3.8, 4) is 17.2 Å². The minimum Gasteiger partial charge on any atom is -0.379 e. The van der Waals surface area contributed by atoms with E-state index in [0.717, 1.165) is 6.07 Å². The summed E-state index contributed by atoms with van der Waals surface area (Å²) in [5.41, 5.74) is 0.625. The number of rotatable bonds is 1. The summed E-state index contributed by atoms with van der Waals surface area (Å²) in [6.45, 7) is 0. The van der Waals surface area contributed by atoms with E-state index in [1.54, 1.807) is 18.2 Å². The van der Waals surface area contributed by atoms with E-state index < -0.39 is 23.8 Å². The van der Waals surface area contributed by atoms with Gasteiger partial charge in [0.05, 0.1) is 11.6 Å². The topological polar surface area (TPSA) is 44.0 Å². The van der Waals surface area contributed by atoms with E-state index >= 15 is 0 Å². The van der Waals surface area contributed by atoms with Crippen molar-refractivity contribution >= 4 is 0 Å². The van der Waals surface area contributed by atoms with Crippen molar-refractivity contribution in [2.75, 3.05) is 0 Å². The van der Waals surface area contributed by atoms with Gasteiger partial charge in [0, 0.05) is 6.42 Å². The van der Waals surface area contributed by atoms with Crippen molar-refractivity contribution in [2.45, 2.75) is 37.2 Å². The Morgan fingerprint density at radius 2 is 1.75 bits per heavy atom. The van der Waals surface area contributed by atoms with Crippen LogP contribution >= 0.6 is 0 Å². The first-order valence-corrected chi connectivity index (χ1v) is 7.82. The molecule has 0 aromatic heterocycles. The third kappa shape index (κ3) is 1.99. The quantitative estimate of drug-likeness (QED) is 0.857. The second-order valence-electron chi connectivity index (χ2n) is 6.60. The lowest BCUT2D eigenvalue weighted by molar-refractivity contribution is -0.181. The Morgan fingerprint density at radius 1 is 1.04 bits per heavy atom. The van der Waals surface area contributed by atoms with E-state index in [0.29, 0.717) is 40.7 Å². The molecular weight excluding hydrogens is 315 g/mol. The molecule has 0 aliphatic heterocycles. The van der Waals surface area contributed by atoms with E-state index in [2.05, 4.69) is 0 Å². The van der Waals surface area contributed by atoms with Gasteiger partial charge in [-0.15, -0.1) is 0 Å². The van der Waals surface area contributed by atoms with Gasteiger partial charge in [0.25, 0.3) is 5.92 Å². The third-order valence-electron chi connectivity index (χ3n) is 5.08. The van der Waals surface area contributed by atoms with Gasteiger partial charge in [0.15, 0.2) is 5.60 Å². The molecule has 1 N–H and O–H groups in total. The highest BCUT2D eigenvalue weighted by atomic mass is 19.3. The standard InChI is InChI=1S/C19H14F3NO/c20-16-5-11(10-23)4-13(8-16)14-6-12-2-1-3-18(24)17(12)15(7-14)9-19(18,21)22/h4-8,24H,1-3,9H2. The SMILES string of the molecule is N#Cc1cc(F)cc(-c2cc3c4c(c2)CC(F)(F)C4(O)CCC3)c1. The van der Waals surface area contributed by atoms with E-state index in [-0.39, 0.29) is 12.0 Å². The molecule has 0 radical (unpaired) electrons. The van der Waals surface area contributed by atoms with E-state index in [4.69, 9.17) is 5.26 Å². The van der Waals surface area contributed by atoms with Crippen LogP contribution in [0.2, 0.25) is 0 Å². The maximum absolute atomic E-state index is 14.4. The molecule has 1 atom stereocenters. The number of hydrogen-bond acceptors (Lipinski definition) is 2. The Balaban J connectivity index is 1.92. The van der Waals surface area contributed by atoms with Gasteiger partial charge < -0.3 is 5.11 Å². The summed E-state index contributed by atoms with van der Waals surface area (Å²) < 4.78 is 42.4. The summed E-state index contributed by atoms with van der Waals surface area (Å²) in [6.07, 6.45) is 0.627. The molecule has 0 amide bonds. The molecule has 24 heavy (non-hydrogen) atoms. The Morgan fingerprint density at radius 3 is 2.50 bits per heavy atom. The fourth-order valence-electron chi connectivity index (χ4n) is 4.03. The van der Waals surface area contributed by atoms with Crippen LogP contribution in [0.3, 0.4) is 0 Å². The summed E-state index contributed by atoms with van der Waals surface area (Å²) in [5, 5.41) is 19.5. The highest BCUT2D eigenvalue weighted by molar-refractivity contribution is 5.69. The fraction of sp³-hybridized carbons (Fsp3) is 0.316. The molecule has 122 valence electrons. The zero-order valence-electron chi connectivity index (χ0n) is 12.7. The fourth-order valence-corrected chi connectivity index (χ4v) is 4.03. The Hall–Kier alpha value is -2.32. The molecular formula is C19H14F3NO. The van der Waals surface area contributed by atoms with Crippen molar-refractivity contribution in [3.63, 3.8) is 0 Å². The lowest BCUT2D eigenvalue weighted by Crippen LogP contribution is -2.43. The Labute approximate surface area is 137 Å². The summed E-state index contributed by atoms with van der Waals surface area (Å²) in [6, 6.07) is 9.19. The van der Waals surface area contributed by atoms with Crippen LogP contribution in [0.5, 0.6) is 0 Å². The van der Waals surface area contributed by atoms with Gasteiger partial charge in [-0.25, -0.2) is 13.2 Å². The number of benzene rings is 2. The van der Waals surface area contributed by atoms with Gasteiger partial charge in [-0.2, -0.15) is 5.26 Å². The van der Waals surface area contributed by atoms with Crippen LogP contribution < -0.4 is 0 Å². The molecule has 0 saturated heterocycles. The van der Waals surface area contributed by atoms with E-state index in [9.17, 15) is 18.3 Å². The Kier molecular flexibility index (Phi) is 3.07. The molecule has 1 unspecified atom stereocenters. The first-order valence-electron chi connectivity index (χ1n) is 7.82. The van der Waals surface area contributed by atoms with E-state index in [1.807, 2.05) is 6.07 Å². The normalized spacial score (nSPS) is 23.6. The zero-order valence-corrected chi connectivity index (χ0v) is 12.7. The average molecular weight is 329 g/mol. The van der Waals surface area contributed by atoms with Crippen LogP contribution in [0.1, 0.15) is 35.1 Å². The molecule has 0 spiro atoms. The van der Waals surface area contributed by atoms with Crippen LogP contribution in [-0.2, 0) is 18.4 Å². The minimum absolute atomic E-state index is 0.0535. The first kappa shape index (κ1) is 15.2. The lowest BCUT2D eigenvalue weighted by Gasteiger charge is -2.35. The van der Waals surface area contributed by atoms with Gasteiger partial charge in [0.1, 0.15) is 5.82 Å². The van der Waals surface area contributed by atoms with E-state index in [1.165, 1.54) is 6.07 Å². The number of nitriles is 1. The molecule has 4 rings (SSSR count). The highest BCUT2D eigenvalue weighted by Crippen LogP contribution is 2.54. The number of hydrogen-bond donors (Lipinski definition) is 1. The summed E-state index contributed by atoms with van der Waals surface area (Å²) in [7, 11) is 0. The summed E-state index contributed by atoms with van der Waals surface area (Å²) in [5.74, 6) is -3.73. The summed E-state index contributed by atoms with van der Waals surface area (Å²) in [4.78, 5) is 0. The smallest absolute Gasteiger partial charge is 0.284 e. The third-order valence-corrected chi connectivity index (χ3v) is 5.08. The molecule has 2 aliphatic rings. The predicted molar refractivity (Wildman–Crippen MR) is 82.0 cm³/mol. The molecule has 2 aromatic carbocycles. The van der Waals surface area contributed by atoms with Gasteiger partial charge in [-0.3, -0.25) is 0 Å². The zero-order chi connectivity index (χ0) is 17.1. The van der Waals surface area contributed by atoms with Crippen molar-refractivity contribution in [1.82, 2.24) is 0 Å². The van der Waals surface area contributed by atoms with Gasteiger partial charge in [-0.1, -0.05) is 12.1 Å². The molecule has 0 heterocycles. The van der Waals surface area contributed by atoms with Gasteiger partial charge >= 0.3 is 0 Å². The first-order chi connectivity index (χ1) is 11.3. The molecule has 2 nitrogen and oxygen atoms in total. The molecule has 0 bridgehead atoms. The molecule has 2 aromatic rings. The maximum atomic E-state index is 14.4. The molecule has 0 fully saturated rings. The Bertz CT molecular complexity index is 900. The molecule has 0 saturated carbocycles. The van der Waals surface area contributed by atoms with Crippen molar-refractivity contribution in [1.29, 1.82) is 5.26 Å². The highest BCUT2D eigenvalue weighted by Gasteiger charge is 2.60. The van der Waals surface area contributed by atoms with Crippen LogP contribution in [0.15, 0.2) is 30.3 Å². The van der Waals surface area contributed by atoms with Gasteiger partial charge in [-0.05, 0) is 65.3 Å². The second-order valence-corrected chi connectivity index (χ2v) is 6.60. The predicted octanol–water partition coefficient (Wildman–Crippen LogP) is 4.08. The van der Waals surface area contributed by atoms with Gasteiger partial charge in [0.2, 0.25) is 0 Å². The summed E-state index contributed by atoms with van der Waals surface area (Å²) >= 11 is 0. The van der Waals surface area contributed by atoms with Crippen molar-refractivity contribution < 1.29 is 18.3 Å². The molecule has 5 heteroatoms. The average Bonchev–Trinajstić information content (AvgIpc) is 2.73. The lowest BCUT2D eigenvalue weighted by atomic mass is 9.78. The van der Waals surface area contributed by atoms with Crippen LogP contribution in [0, 0.1) is 17.1 Å². The van der Waals surface area contributed by atoms with Crippen molar-refractivity contribution in [2.24, 2.45) is 0 Å². The number of aryl methyl sites for hydroxylation is 1. The van der Waals surface area contributed by atoms with Crippen LogP contribution in [0.25, 0.3) is 11.1 Å². The number of halogens is 3. The number of alkyl halides is 2. The number of nitrogens with zero attached hydrogens (tertiary/aromatic N) is 1. The maximum Gasteiger partial charge on any atom is 0.284 e. The number of aliphatic hydroxyl groups is 1. The van der Waals surface area contributed by atoms with Crippen LogP contribution in [0.4, 0.5) is 13.2 Å². The second kappa shape index (κ2) is 4.84.